The fraction of sp³-hybridized carbons (Fsp3) is 0.476. The Morgan fingerprint density at radius 3 is 2.44 bits per heavy atom. The van der Waals surface area contributed by atoms with Crippen LogP contribution in [0.5, 0.6) is 0 Å². The highest BCUT2D eigenvalue weighted by atomic mass is 16.2. The topological polar surface area (TPSA) is 58.4 Å². The molecule has 1 saturated heterocycles. The first kappa shape index (κ1) is 19.3. The van der Waals surface area contributed by atoms with Crippen LogP contribution in [0.25, 0.3) is 0 Å². The van der Waals surface area contributed by atoms with Gasteiger partial charge >= 0.3 is 0 Å². The number of aromatic nitrogens is 2. The van der Waals surface area contributed by atoms with Gasteiger partial charge in [0.05, 0.1) is 12.0 Å². The van der Waals surface area contributed by atoms with Gasteiger partial charge in [-0.2, -0.15) is 0 Å². The van der Waals surface area contributed by atoms with Gasteiger partial charge in [0, 0.05) is 38.8 Å². The van der Waals surface area contributed by atoms with Gasteiger partial charge in [-0.15, -0.1) is 0 Å². The molecule has 6 nitrogen and oxygen atoms in total. The summed E-state index contributed by atoms with van der Waals surface area (Å²) in [6.45, 7) is 8.22. The van der Waals surface area contributed by atoms with E-state index < -0.39 is 0 Å². The number of piperazine rings is 1. The maximum Gasteiger partial charge on any atom is 0.254 e. The molecule has 0 aliphatic carbocycles. The van der Waals surface area contributed by atoms with E-state index >= 15 is 0 Å². The van der Waals surface area contributed by atoms with E-state index in [0.717, 1.165) is 31.7 Å². The lowest BCUT2D eigenvalue weighted by Crippen LogP contribution is -2.50. The molecule has 0 bridgehead atoms. The standard InChI is InChI=1S/C21H28N4O2/c1-17(2)19-14-20(26)25(16-22-19)15-21(27)24-12-10-23(11-13-24)9-8-18-6-4-3-5-7-18/h3-7,14,16-17H,8-13,15H2,1-2H3. The van der Waals surface area contributed by atoms with Crippen LogP contribution in [0, 0.1) is 0 Å². The molecule has 1 aromatic heterocycles. The van der Waals surface area contributed by atoms with Crippen molar-refractivity contribution in [1.29, 1.82) is 0 Å². The van der Waals surface area contributed by atoms with Crippen LogP contribution in [-0.2, 0) is 17.8 Å². The fourth-order valence-corrected chi connectivity index (χ4v) is 3.27. The van der Waals surface area contributed by atoms with Crippen molar-refractivity contribution in [3.63, 3.8) is 0 Å². The van der Waals surface area contributed by atoms with Gasteiger partial charge in [0.2, 0.25) is 5.91 Å². The molecule has 1 fully saturated rings. The summed E-state index contributed by atoms with van der Waals surface area (Å²) in [5.41, 5.74) is 1.94. The predicted molar refractivity (Wildman–Crippen MR) is 106 cm³/mol. The molecule has 0 saturated carbocycles. The van der Waals surface area contributed by atoms with Gasteiger partial charge in [0.1, 0.15) is 6.54 Å². The van der Waals surface area contributed by atoms with Gasteiger partial charge in [-0.1, -0.05) is 44.2 Å². The molecule has 1 aromatic carbocycles. The van der Waals surface area contributed by atoms with Crippen molar-refractivity contribution in [2.45, 2.75) is 32.7 Å². The molecule has 2 aromatic rings. The Kier molecular flexibility index (Phi) is 6.40. The molecule has 144 valence electrons. The third-order valence-corrected chi connectivity index (χ3v) is 5.08. The Balaban J connectivity index is 1.48. The highest BCUT2D eigenvalue weighted by molar-refractivity contribution is 5.76. The number of hydrogen-bond donors (Lipinski definition) is 0. The molecule has 0 atom stereocenters. The molecule has 0 unspecified atom stereocenters. The largest absolute Gasteiger partial charge is 0.339 e. The summed E-state index contributed by atoms with van der Waals surface area (Å²) in [6.07, 6.45) is 2.52. The number of benzene rings is 1. The summed E-state index contributed by atoms with van der Waals surface area (Å²) in [6, 6.07) is 12.0. The Hall–Kier alpha value is -2.47. The molecule has 6 heteroatoms. The van der Waals surface area contributed by atoms with Crippen molar-refractivity contribution in [1.82, 2.24) is 19.4 Å². The van der Waals surface area contributed by atoms with E-state index in [1.54, 1.807) is 0 Å². The van der Waals surface area contributed by atoms with E-state index in [4.69, 9.17) is 0 Å². The lowest BCUT2D eigenvalue weighted by Gasteiger charge is -2.34. The van der Waals surface area contributed by atoms with Crippen LogP contribution in [0.3, 0.4) is 0 Å². The zero-order valence-corrected chi connectivity index (χ0v) is 16.2. The minimum Gasteiger partial charge on any atom is -0.339 e. The molecule has 1 amide bonds. The first-order valence-electron chi connectivity index (χ1n) is 9.63. The van der Waals surface area contributed by atoms with Crippen molar-refractivity contribution in [2.24, 2.45) is 0 Å². The van der Waals surface area contributed by atoms with Crippen LogP contribution in [0.2, 0.25) is 0 Å². The summed E-state index contributed by atoms with van der Waals surface area (Å²) < 4.78 is 1.40. The van der Waals surface area contributed by atoms with Gasteiger partial charge in [-0.25, -0.2) is 4.98 Å². The molecule has 0 spiro atoms. The Morgan fingerprint density at radius 1 is 1.11 bits per heavy atom. The number of hydrogen-bond acceptors (Lipinski definition) is 4. The van der Waals surface area contributed by atoms with Crippen molar-refractivity contribution in [2.75, 3.05) is 32.7 Å². The Morgan fingerprint density at radius 2 is 1.81 bits per heavy atom. The van der Waals surface area contributed by atoms with E-state index in [-0.39, 0.29) is 23.9 Å². The molecule has 2 heterocycles. The van der Waals surface area contributed by atoms with Crippen LogP contribution in [0.15, 0.2) is 47.5 Å². The number of carbonyl (C=O) groups is 1. The lowest BCUT2D eigenvalue weighted by molar-refractivity contribution is -0.133. The minimum atomic E-state index is -0.163. The number of rotatable bonds is 6. The van der Waals surface area contributed by atoms with Gasteiger partial charge in [-0.3, -0.25) is 19.1 Å². The van der Waals surface area contributed by atoms with Gasteiger partial charge in [0.15, 0.2) is 0 Å². The van der Waals surface area contributed by atoms with Crippen molar-refractivity contribution < 1.29 is 4.79 Å². The molecule has 27 heavy (non-hydrogen) atoms. The minimum absolute atomic E-state index is 0.0149. The summed E-state index contributed by atoms with van der Waals surface area (Å²) >= 11 is 0. The monoisotopic (exact) mass is 368 g/mol. The maximum atomic E-state index is 12.5. The Bertz CT molecular complexity index is 808. The van der Waals surface area contributed by atoms with E-state index in [1.165, 1.54) is 22.5 Å². The summed E-state index contributed by atoms with van der Waals surface area (Å²) in [4.78, 5) is 33.2. The highest BCUT2D eigenvalue weighted by Crippen LogP contribution is 2.08. The van der Waals surface area contributed by atoms with Gasteiger partial charge in [0.25, 0.3) is 5.56 Å². The highest BCUT2D eigenvalue weighted by Gasteiger charge is 2.21. The summed E-state index contributed by atoms with van der Waals surface area (Å²) in [5, 5.41) is 0. The van der Waals surface area contributed by atoms with Crippen molar-refractivity contribution in [3.05, 3.63) is 64.3 Å². The molecular weight excluding hydrogens is 340 g/mol. The van der Waals surface area contributed by atoms with E-state index in [1.807, 2.05) is 24.8 Å². The lowest BCUT2D eigenvalue weighted by atomic mass is 10.1. The third-order valence-electron chi connectivity index (χ3n) is 5.08. The second-order valence-corrected chi connectivity index (χ2v) is 7.39. The van der Waals surface area contributed by atoms with Crippen LogP contribution < -0.4 is 5.56 Å². The number of carbonyl (C=O) groups excluding carboxylic acids is 1. The average molecular weight is 368 g/mol. The summed E-state index contributed by atoms with van der Waals surface area (Å²) in [7, 11) is 0. The van der Waals surface area contributed by atoms with Crippen molar-refractivity contribution >= 4 is 5.91 Å². The van der Waals surface area contributed by atoms with E-state index in [2.05, 4.69) is 34.1 Å². The quantitative estimate of drug-likeness (QED) is 0.780. The number of amides is 1. The first-order valence-corrected chi connectivity index (χ1v) is 9.63. The second kappa shape index (κ2) is 8.95. The van der Waals surface area contributed by atoms with Crippen molar-refractivity contribution in [3.8, 4) is 0 Å². The van der Waals surface area contributed by atoms with Crippen LogP contribution in [-0.4, -0.2) is 58.0 Å². The van der Waals surface area contributed by atoms with E-state index in [0.29, 0.717) is 13.1 Å². The SMILES string of the molecule is CC(C)c1cc(=O)n(CC(=O)N2CCN(CCc3ccccc3)CC2)cn1. The smallest absolute Gasteiger partial charge is 0.254 e. The summed E-state index contributed by atoms with van der Waals surface area (Å²) in [5.74, 6) is 0.186. The van der Waals surface area contributed by atoms with E-state index in [9.17, 15) is 9.59 Å². The maximum absolute atomic E-state index is 12.5. The van der Waals surface area contributed by atoms with Gasteiger partial charge in [-0.05, 0) is 17.9 Å². The van der Waals surface area contributed by atoms with Crippen LogP contribution in [0.1, 0.15) is 31.0 Å². The van der Waals surface area contributed by atoms with Crippen LogP contribution in [0.4, 0.5) is 0 Å². The molecule has 1 aliphatic rings. The predicted octanol–water partition coefficient (Wildman–Crippen LogP) is 1.75. The fourth-order valence-electron chi connectivity index (χ4n) is 3.27. The second-order valence-electron chi connectivity index (χ2n) is 7.39. The number of nitrogens with zero attached hydrogens (tertiary/aromatic N) is 4. The average Bonchev–Trinajstić information content (AvgIpc) is 2.69. The molecular formula is C21H28N4O2. The van der Waals surface area contributed by atoms with Gasteiger partial charge < -0.3 is 4.90 Å². The molecule has 0 radical (unpaired) electrons. The first-order chi connectivity index (χ1) is 13.0. The normalized spacial score (nSPS) is 15.3. The molecule has 0 N–H and O–H groups in total. The zero-order valence-electron chi connectivity index (χ0n) is 16.2. The molecule has 1 aliphatic heterocycles. The Labute approximate surface area is 160 Å². The van der Waals surface area contributed by atoms with Crippen LogP contribution >= 0.6 is 0 Å². The molecule has 3 rings (SSSR count). The zero-order chi connectivity index (χ0) is 19.2. The third kappa shape index (κ3) is 5.26.